The van der Waals surface area contributed by atoms with Crippen molar-refractivity contribution in [3.63, 3.8) is 0 Å². The number of benzene rings is 17. The van der Waals surface area contributed by atoms with E-state index < -0.39 is 0 Å². The van der Waals surface area contributed by atoms with Gasteiger partial charge >= 0.3 is 0 Å². The van der Waals surface area contributed by atoms with Gasteiger partial charge in [-0.2, -0.15) is 0 Å². The van der Waals surface area contributed by atoms with Crippen molar-refractivity contribution >= 4 is 101 Å². The number of aromatic nitrogens is 2. The molecule has 516 valence electrons. The summed E-state index contributed by atoms with van der Waals surface area (Å²) in [6.45, 7) is 4.43. The Labute approximate surface area is 641 Å². The highest BCUT2D eigenvalue weighted by atomic mass is 15.2. The standard InChI is InChI=1S/C105H73BN4/c1-69(2)82-65-91(73-35-13-6-14-36-73)105(92(66-82)81-44-26-42-79(64-81)77-40-24-38-75(62-77)71-31-9-4-10-32-71)110-100-56-28-55-99-103(100)106(94-60-58-84(68-102(94)110)108-97-53-21-17-47-89(97)90-48-18-22-54-98(90)108)93-59-57-83(107-95-51-19-15-45-87(95)88-46-16-20-52-96(88)107)67-101(93)109(99)104-85(72-33-11-5-12-34-72)49-27-50-86(104)80-43-25-41-78(63-80)76-39-23-37-74(61-76)70-29-7-3-8-30-70/h3-69H,1-2H3. The van der Waals surface area contributed by atoms with E-state index in [9.17, 15) is 0 Å². The Kier molecular flexibility index (Phi) is 15.5. The fraction of sp³-hybridized carbons (Fsp3) is 0.0286. The Balaban J connectivity index is 0.872. The predicted octanol–water partition coefficient (Wildman–Crippen LogP) is 26.4. The minimum Gasteiger partial charge on any atom is -0.310 e. The van der Waals surface area contributed by atoms with E-state index in [1.54, 1.807) is 0 Å². The first-order valence-electron chi connectivity index (χ1n) is 38.3. The van der Waals surface area contributed by atoms with E-state index in [1.807, 2.05) is 0 Å². The van der Waals surface area contributed by atoms with Gasteiger partial charge < -0.3 is 18.9 Å². The molecule has 5 heteroatoms. The third kappa shape index (κ3) is 10.7. The molecule has 0 aliphatic carbocycles. The van der Waals surface area contributed by atoms with Gasteiger partial charge in [-0.25, -0.2) is 0 Å². The Morgan fingerprint density at radius 2 is 0.509 bits per heavy atom. The monoisotopic (exact) mass is 1400 g/mol. The van der Waals surface area contributed by atoms with Crippen molar-refractivity contribution < 1.29 is 0 Å². The van der Waals surface area contributed by atoms with Gasteiger partial charge in [-0.05, 0) is 192 Å². The van der Waals surface area contributed by atoms with Crippen LogP contribution in [0.2, 0.25) is 0 Å². The Hall–Kier alpha value is -14.0. The number of para-hydroxylation sites is 5. The summed E-state index contributed by atoms with van der Waals surface area (Å²) in [5.74, 6) is 0.205. The van der Waals surface area contributed by atoms with Crippen molar-refractivity contribution in [3.05, 3.63) is 406 Å². The molecule has 0 saturated carbocycles. The molecule has 4 heterocycles. The van der Waals surface area contributed by atoms with E-state index in [2.05, 4.69) is 433 Å². The summed E-state index contributed by atoms with van der Waals surface area (Å²) in [4.78, 5) is 5.37. The van der Waals surface area contributed by atoms with Crippen molar-refractivity contribution in [2.24, 2.45) is 0 Å². The Morgan fingerprint density at radius 1 is 0.218 bits per heavy atom. The molecule has 0 N–H and O–H groups in total. The number of hydrogen-bond acceptors (Lipinski definition) is 2. The molecule has 2 aromatic heterocycles. The topological polar surface area (TPSA) is 16.3 Å². The molecule has 0 unspecified atom stereocenters. The molecule has 0 spiro atoms. The van der Waals surface area contributed by atoms with Gasteiger partial charge in [0, 0.05) is 77.9 Å². The van der Waals surface area contributed by atoms with Crippen LogP contribution in [0.15, 0.2) is 400 Å². The summed E-state index contributed by atoms with van der Waals surface area (Å²) in [6.07, 6.45) is 0. The van der Waals surface area contributed by atoms with Gasteiger partial charge in [0.1, 0.15) is 0 Å². The maximum Gasteiger partial charge on any atom is 0.252 e. The highest BCUT2D eigenvalue weighted by molar-refractivity contribution is 7.00. The van der Waals surface area contributed by atoms with Crippen LogP contribution in [0.5, 0.6) is 0 Å². The molecule has 2 aliphatic heterocycles. The van der Waals surface area contributed by atoms with Crippen LogP contribution in [-0.4, -0.2) is 15.8 Å². The third-order valence-corrected chi connectivity index (χ3v) is 23.0. The molecule has 4 nitrogen and oxygen atoms in total. The zero-order chi connectivity index (χ0) is 72.9. The van der Waals surface area contributed by atoms with Gasteiger partial charge in [-0.15, -0.1) is 0 Å². The Morgan fingerprint density at radius 3 is 0.918 bits per heavy atom. The van der Waals surface area contributed by atoms with Crippen molar-refractivity contribution in [2.45, 2.75) is 19.8 Å². The molecule has 0 radical (unpaired) electrons. The number of nitrogens with zero attached hydrogens (tertiary/aromatic N) is 4. The first kappa shape index (κ1) is 64.4. The number of rotatable bonds is 13. The van der Waals surface area contributed by atoms with E-state index in [0.717, 1.165) is 134 Å². The zero-order valence-corrected chi connectivity index (χ0v) is 61.0. The quantitative estimate of drug-likeness (QED) is 0.107. The molecule has 21 rings (SSSR count). The van der Waals surface area contributed by atoms with E-state index in [4.69, 9.17) is 0 Å². The minimum absolute atomic E-state index is 0.205. The van der Waals surface area contributed by atoms with Crippen LogP contribution < -0.4 is 26.2 Å². The van der Waals surface area contributed by atoms with Gasteiger partial charge in [-0.1, -0.05) is 317 Å². The number of hydrogen-bond donors (Lipinski definition) is 0. The fourth-order valence-corrected chi connectivity index (χ4v) is 18.0. The fourth-order valence-electron chi connectivity index (χ4n) is 18.0. The second-order valence-corrected chi connectivity index (χ2v) is 29.6. The van der Waals surface area contributed by atoms with E-state index in [-0.39, 0.29) is 12.6 Å². The zero-order valence-electron chi connectivity index (χ0n) is 61.0. The van der Waals surface area contributed by atoms with Crippen molar-refractivity contribution in [2.75, 3.05) is 9.80 Å². The SMILES string of the molecule is CC(C)c1cc(-c2ccccc2)c(N2c3cc(-n4c5ccccc5c5ccccc54)ccc3B3c4ccc(-n5c6ccccc6c6ccccc65)cc4N(c4c(-c5ccccc5)cccc4-c4cccc(-c5cccc(-c6ccccc6)c5)c4)c4cccc2c43)c(-c2cccc(-c3cccc(-c4ccccc4)c3)c2)c1. The van der Waals surface area contributed by atoms with Crippen molar-refractivity contribution in [1.82, 2.24) is 9.13 Å². The molecule has 2 aliphatic rings. The van der Waals surface area contributed by atoms with Crippen LogP contribution in [0.1, 0.15) is 25.3 Å². The first-order valence-corrected chi connectivity index (χ1v) is 38.3. The first-order chi connectivity index (χ1) is 54.4. The Bertz CT molecular complexity index is 6720. The molecule has 17 aromatic carbocycles. The van der Waals surface area contributed by atoms with Crippen LogP contribution in [0.3, 0.4) is 0 Å². The average Bonchev–Trinajstić information content (AvgIpc) is 0.732. The summed E-state index contributed by atoms with van der Waals surface area (Å²) in [6, 6.07) is 150. The molecule has 0 saturated heterocycles. The summed E-state index contributed by atoms with van der Waals surface area (Å²) in [5, 5.41) is 4.88. The molecular weight excluding hydrogens is 1330 g/mol. The lowest BCUT2D eigenvalue weighted by atomic mass is 9.33. The summed E-state index contributed by atoms with van der Waals surface area (Å²) < 4.78 is 4.98. The third-order valence-electron chi connectivity index (χ3n) is 23.0. The lowest BCUT2D eigenvalue weighted by Crippen LogP contribution is -2.61. The maximum absolute atomic E-state index is 2.69. The van der Waals surface area contributed by atoms with Gasteiger partial charge in [0.15, 0.2) is 0 Å². The molecule has 0 bridgehead atoms. The maximum atomic E-state index is 2.69. The smallest absolute Gasteiger partial charge is 0.252 e. The lowest BCUT2D eigenvalue weighted by molar-refractivity contribution is 0.867. The molecular formula is C105H73BN4. The highest BCUT2D eigenvalue weighted by Gasteiger charge is 2.45. The number of anilines is 6. The van der Waals surface area contributed by atoms with E-state index in [0.29, 0.717) is 0 Å². The van der Waals surface area contributed by atoms with Gasteiger partial charge in [0.05, 0.1) is 33.4 Å². The summed E-state index contributed by atoms with van der Waals surface area (Å²) >= 11 is 0. The molecule has 0 fully saturated rings. The normalized spacial score (nSPS) is 12.3. The van der Waals surface area contributed by atoms with Crippen LogP contribution in [0.25, 0.3) is 144 Å². The molecule has 19 aromatic rings. The van der Waals surface area contributed by atoms with E-state index in [1.165, 1.54) is 65.8 Å². The lowest BCUT2D eigenvalue weighted by Gasteiger charge is -2.45. The van der Waals surface area contributed by atoms with Gasteiger partial charge in [-0.3, -0.25) is 0 Å². The van der Waals surface area contributed by atoms with Gasteiger partial charge in [0.2, 0.25) is 0 Å². The largest absolute Gasteiger partial charge is 0.310 e. The van der Waals surface area contributed by atoms with Crippen molar-refractivity contribution in [1.29, 1.82) is 0 Å². The highest BCUT2D eigenvalue weighted by Crippen LogP contribution is 2.55. The minimum atomic E-state index is -0.246. The summed E-state index contributed by atoms with van der Waals surface area (Å²) in [5.41, 5.74) is 36.8. The van der Waals surface area contributed by atoms with Crippen molar-refractivity contribution in [3.8, 4) is 100 Å². The second kappa shape index (κ2) is 26.5. The van der Waals surface area contributed by atoms with Crippen LogP contribution in [0.4, 0.5) is 34.1 Å². The molecule has 0 amide bonds. The molecule has 110 heavy (non-hydrogen) atoms. The second-order valence-electron chi connectivity index (χ2n) is 29.6. The van der Waals surface area contributed by atoms with Gasteiger partial charge in [0.25, 0.3) is 6.71 Å². The predicted molar refractivity (Wildman–Crippen MR) is 467 cm³/mol. The van der Waals surface area contributed by atoms with Crippen LogP contribution >= 0.6 is 0 Å². The van der Waals surface area contributed by atoms with Crippen LogP contribution in [0, 0.1) is 0 Å². The number of fused-ring (bicyclic) bond motifs is 10. The average molecular weight is 1400 g/mol. The van der Waals surface area contributed by atoms with E-state index >= 15 is 0 Å². The van der Waals surface area contributed by atoms with Crippen LogP contribution in [-0.2, 0) is 0 Å². The molecule has 0 atom stereocenters. The summed E-state index contributed by atoms with van der Waals surface area (Å²) in [7, 11) is 0.